The van der Waals surface area contributed by atoms with E-state index in [1.807, 2.05) is 0 Å². The highest BCUT2D eigenvalue weighted by molar-refractivity contribution is 8.13. The normalized spacial score (nSPS) is 19.7. The van der Waals surface area contributed by atoms with Crippen LogP contribution in [0.25, 0.3) is 6.08 Å². The molecular weight excluding hydrogens is 359 g/mol. The van der Waals surface area contributed by atoms with Crippen LogP contribution in [0.5, 0.6) is 0 Å². The molecule has 1 fully saturated rings. The number of carbonyl (C=O) groups excluding carboxylic acids is 1. The molecular formula is C20H31BO3SSi. The van der Waals surface area contributed by atoms with E-state index in [2.05, 4.69) is 77.7 Å². The van der Waals surface area contributed by atoms with E-state index in [9.17, 15) is 4.79 Å². The van der Waals surface area contributed by atoms with Crippen LogP contribution in [0.4, 0.5) is 0 Å². The predicted molar refractivity (Wildman–Crippen MR) is 117 cm³/mol. The molecule has 1 heterocycles. The fourth-order valence-electron chi connectivity index (χ4n) is 2.67. The molecule has 0 aromatic heterocycles. The first-order valence-corrected chi connectivity index (χ1v) is 13.6. The van der Waals surface area contributed by atoms with Gasteiger partial charge in [-0.05, 0) is 38.7 Å². The highest BCUT2D eigenvalue weighted by atomic mass is 32.2. The van der Waals surface area contributed by atoms with Crippen LogP contribution in [-0.4, -0.2) is 37.3 Å². The Morgan fingerprint density at radius 1 is 1.15 bits per heavy atom. The van der Waals surface area contributed by atoms with Gasteiger partial charge in [-0.25, -0.2) is 0 Å². The summed E-state index contributed by atoms with van der Waals surface area (Å²) in [7, 11) is -1.81. The Morgan fingerprint density at radius 3 is 2.23 bits per heavy atom. The van der Waals surface area contributed by atoms with Crippen LogP contribution in [0.1, 0.15) is 40.2 Å². The van der Waals surface area contributed by atoms with Crippen molar-refractivity contribution < 1.29 is 14.1 Å². The van der Waals surface area contributed by atoms with Crippen molar-refractivity contribution in [2.24, 2.45) is 0 Å². The molecule has 0 spiro atoms. The first kappa shape index (κ1) is 21.5. The molecule has 1 saturated heterocycles. The third-order valence-electron chi connectivity index (χ3n) is 5.10. The predicted octanol–water partition coefficient (Wildman–Crippen LogP) is 4.53. The van der Waals surface area contributed by atoms with Gasteiger partial charge < -0.3 is 9.31 Å². The summed E-state index contributed by atoms with van der Waals surface area (Å²) in [6, 6.07) is 8.69. The van der Waals surface area contributed by atoms with Crippen molar-refractivity contribution in [2.75, 3.05) is 5.75 Å². The molecule has 0 radical (unpaired) electrons. The van der Waals surface area contributed by atoms with Crippen LogP contribution in [0.3, 0.4) is 0 Å². The van der Waals surface area contributed by atoms with E-state index in [1.165, 1.54) is 16.9 Å². The minimum atomic E-state index is -1.38. The van der Waals surface area contributed by atoms with Gasteiger partial charge in [-0.15, -0.1) is 0 Å². The van der Waals surface area contributed by atoms with Gasteiger partial charge in [-0.2, -0.15) is 0 Å². The standard InChI is InChI=1S/C20H31BO3SSi/c1-15(22)25-14-17(21-23-19(2,3)20(4,5)24-21)12-16-10-9-11-18(13-16)26(6,7)8/h9-13H,14H2,1-8H3. The quantitative estimate of drug-likeness (QED) is 0.693. The molecule has 0 amide bonds. The summed E-state index contributed by atoms with van der Waals surface area (Å²) < 4.78 is 12.4. The van der Waals surface area contributed by atoms with Crippen LogP contribution in [0, 0.1) is 0 Å². The molecule has 142 valence electrons. The lowest BCUT2D eigenvalue weighted by Crippen LogP contribution is -2.41. The Morgan fingerprint density at radius 2 is 1.73 bits per heavy atom. The molecule has 3 nitrogen and oxygen atoms in total. The Hall–Kier alpha value is -0.818. The van der Waals surface area contributed by atoms with Crippen LogP contribution < -0.4 is 5.19 Å². The second-order valence-corrected chi connectivity index (χ2v) is 15.2. The molecule has 0 unspecified atom stereocenters. The Kier molecular flexibility index (Phi) is 6.33. The summed E-state index contributed by atoms with van der Waals surface area (Å²) in [4.78, 5) is 11.5. The summed E-state index contributed by atoms with van der Waals surface area (Å²) in [5.74, 6) is 0.573. The third kappa shape index (κ3) is 5.12. The first-order chi connectivity index (χ1) is 11.8. The van der Waals surface area contributed by atoms with Gasteiger partial charge in [0.05, 0.1) is 19.3 Å². The lowest BCUT2D eigenvalue weighted by Gasteiger charge is -2.32. The van der Waals surface area contributed by atoms with E-state index in [1.54, 1.807) is 6.92 Å². The average molecular weight is 390 g/mol. The van der Waals surface area contributed by atoms with Crippen molar-refractivity contribution in [1.82, 2.24) is 0 Å². The van der Waals surface area contributed by atoms with E-state index < -0.39 is 26.4 Å². The fourth-order valence-corrected chi connectivity index (χ4v) is 4.45. The maximum Gasteiger partial charge on any atom is 0.491 e. The highest BCUT2D eigenvalue weighted by Crippen LogP contribution is 2.39. The zero-order valence-electron chi connectivity index (χ0n) is 17.3. The number of hydrogen-bond acceptors (Lipinski definition) is 4. The van der Waals surface area contributed by atoms with E-state index in [0.717, 1.165) is 11.0 Å². The Bertz CT molecular complexity index is 691. The van der Waals surface area contributed by atoms with Gasteiger partial charge >= 0.3 is 7.12 Å². The highest BCUT2D eigenvalue weighted by Gasteiger charge is 2.52. The minimum absolute atomic E-state index is 0.100. The minimum Gasteiger partial charge on any atom is -0.400 e. The second kappa shape index (κ2) is 7.66. The summed E-state index contributed by atoms with van der Waals surface area (Å²) in [5, 5.41) is 1.52. The van der Waals surface area contributed by atoms with Crippen molar-refractivity contribution >= 4 is 43.3 Å². The number of thioether (sulfide) groups is 1. The number of rotatable bonds is 5. The van der Waals surface area contributed by atoms with Crippen LogP contribution in [-0.2, 0) is 14.1 Å². The molecule has 0 atom stereocenters. The van der Waals surface area contributed by atoms with Crippen LogP contribution in [0.2, 0.25) is 19.6 Å². The fraction of sp³-hybridized carbons (Fsp3) is 0.550. The molecule has 1 aliphatic heterocycles. The molecule has 0 N–H and O–H groups in total. The summed E-state index contributed by atoms with van der Waals surface area (Å²) >= 11 is 1.30. The van der Waals surface area contributed by atoms with Crippen molar-refractivity contribution in [2.45, 2.75) is 65.5 Å². The van der Waals surface area contributed by atoms with Gasteiger partial charge in [0.1, 0.15) is 0 Å². The molecule has 1 aromatic rings. The summed E-state index contributed by atoms with van der Waals surface area (Å²) in [5.41, 5.74) is 1.35. The van der Waals surface area contributed by atoms with Gasteiger partial charge in [-0.1, -0.05) is 66.9 Å². The first-order valence-electron chi connectivity index (χ1n) is 9.12. The number of hydrogen-bond donors (Lipinski definition) is 0. The lowest BCUT2D eigenvalue weighted by atomic mass is 9.78. The van der Waals surface area contributed by atoms with Crippen molar-refractivity contribution in [3.8, 4) is 0 Å². The molecule has 26 heavy (non-hydrogen) atoms. The van der Waals surface area contributed by atoms with Crippen LogP contribution >= 0.6 is 11.8 Å². The van der Waals surface area contributed by atoms with E-state index >= 15 is 0 Å². The summed E-state index contributed by atoms with van der Waals surface area (Å²) in [6.07, 6.45) is 2.13. The van der Waals surface area contributed by atoms with Gasteiger partial charge in [0, 0.05) is 12.7 Å². The van der Waals surface area contributed by atoms with Gasteiger partial charge in [0.15, 0.2) is 5.12 Å². The summed E-state index contributed by atoms with van der Waals surface area (Å²) in [6.45, 7) is 16.8. The third-order valence-corrected chi connectivity index (χ3v) is 8.03. The van der Waals surface area contributed by atoms with Crippen molar-refractivity contribution in [3.05, 3.63) is 35.3 Å². The van der Waals surface area contributed by atoms with Gasteiger partial charge in [0.2, 0.25) is 0 Å². The Balaban J connectivity index is 2.37. The molecule has 1 aromatic carbocycles. The topological polar surface area (TPSA) is 35.5 Å². The SMILES string of the molecule is CC(=O)SCC(=Cc1cccc([Si](C)(C)C)c1)B1OC(C)(C)C(C)(C)O1. The lowest BCUT2D eigenvalue weighted by molar-refractivity contribution is -0.109. The number of benzene rings is 1. The molecule has 0 bridgehead atoms. The maximum absolute atomic E-state index is 11.5. The van der Waals surface area contributed by atoms with E-state index in [4.69, 9.17) is 9.31 Å². The zero-order chi connectivity index (χ0) is 19.8. The van der Waals surface area contributed by atoms with Crippen molar-refractivity contribution in [1.29, 1.82) is 0 Å². The van der Waals surface area contributed by atoms with Crippen LogP contribution in [0.15, 0.2) is 29.7 Å². The van der Waals surface area contributed by atoms with Gasteiger partial charge in [0.25, 0.3) is 0 Å². The monoisotopic (exact) mass is 390 g/mol. The van der Waals surface area contributed by atoms with E-state index in [-0.39, 0.29) is 5.12 Å². The molecule has 2 rings (SSSR count). The average Bonchev–Trinajstić information content (AvgIpc) is 2.71. The molecule has 0 saturated carbocycles. The number of carbonyl (C=O) groups is 1. The maximum atomic E-state index is 11.5. The van der Waals surface area contributed by atoms with E-state index in [0.29, 0.717) is 5.75 Å². The smallest absolute Gasteiger partial charge is 0.400 e. The van der Waals surface area contributed by atoms with Crippen molar-refractivity contribution in [3.63, 3.8) is 0 Å². The van der Waals surface area contributed by atoms with Gasteiger partial charge in [-0.3, -0.25) is 4.79 Å². The zero-order valence-corrected chi connectivity index (χ0v) is 19.1. The molecule has 6 heteroatoms. The largest absolute Gasteiger partial charge is 0.491 e. The molecule has 0 aliphatic carbocycles. The second-order valence-electron chi connectivity index (χ2n) is 8.96. The molecule has 1 aliphatic rings. The Labute approximate surface area is 164 Å².